The zero-order valence-electron chi connectivity index (χ0n) is 16.5. The predicted molar refractivity (Wildman–Crippen MR) is 116 cm³/mol. The number of amides is 1. The number of hydrogen-bond donors (Lipinski definition) is 1. The van der Waals surface area contributed by atoms with Crippen LogP contribution in [0, 0.1) is 5.92 Å². The third-order valence-electron chi connectivity index (χ3n) is 6.16. The van der Waals surface area contributed by atoms with E-state index in [0.29, 0.717) is 6.04 Å². The molecule has 152 valence electrons. The predicted octanol–water partition coefficient (Wildman–Crippen LogP) is 3.41. The number of carbonyl (C=O) groups is 1. The SMILES string of the molecule is CN1CCC(N2CCC(C(=O)NC(Cc3cccs3)c3nccs3)CC2)CC1. The average Bonchev–Trinajstić information content (AvgIpc) is 3.42. The van der Waals surface area contributed by atoms with E-state index in [1.54, 1.807) is 22.7 Å². The second kappa shape index (κ2) is 9.48. The first-order chi connectivity index (χ1) is 13.7. The monoisotopic (exact) mass is 418 g/mol. The summed E-state index contributed by atoms with van der Waals surface area (Å²) in [7, 11) is 2.21. The third kappa shape index (κ3) is 5.00. The lowest BCUT2D eigenvalue weighted by Crippen LogP contribution is -2.48. The lowest BCUT2D eigenvalue weighted by atomic mass is 9.92. The Labute approximate surface area is 175 Å². The summed E-state index contributed by atoms with van der Waals surface area (Å²) >= 11 is 3.37. The summed E-state index contributed by atoms with van der Waals surface area (Å²) in [4.78, 5) is 23.8. The zero-order chi connectivity index (χ0) is 19.3. The van der Waals surface area contributed by atoms with Gasteiger partial charge in [0.1, 0.15) is 5.01 Å². The summed E-state index contributed by atoms with van der Waals surface area (Å²) in [6.45, 7) is 4.51. The van der Waals surface area contributed by atoms with Crippen LogP contribution in [0.15, 0.2) is 29.1 Å². The molecule has 2 saturated heterocycles. The van der Waals surface area contributed by atoms with Crippen LogP contribution < -0.4 is 5.32 Å². The van der Waals surface area contributed by atoms with Crippen LogP contribution in [0.3, 0.4) is 0 Å². The van der Waals surface area contributed by atoms with E-state index in [4.69, 9.17) is 0 Å². The van der Waals surface area contributed by atoms with Crippen molar-refractivity contribution in [1.29, 1.82) is 0 Å². The normalized spacial score (nSPS) is 21.6. The summed E-state index contributed by atoms with van der Waals surface area (Å²) < 4.78 is 0. The second-order valence-electron chi connectivity index (χ2n) is 8.06. The number of hydrogen-bond acceptors (Lipinski definition) is 6. The van der Waals surface area contributed by atoms with Gasteiger partial charge in [-0.05, 0) is 70.4 Å². The maximum absolute atomic E-state index is 13.0. The second-order valence-corrected chi connectivity index (χ2v) is 10.0. The Balaban J connectivity index is 1.31. The van der Waals surface area contributed by atoms with Crippen molar-refractivity contribution in [2.75, 3.05) is 33.2 Å². The van der Waals surface area contributed by atoms with Gasteiger partial charge >= 0.3 is 0 Å². The van der Waals surface area contributed by atoms with Gasteiger partial charge in [0.2, 0.25) is 5.91 Å². The van der Waals surface area contributed by atoms with Crippen LogP contribution >= 0.6 is 22.7 Å². The molecule has 1 atom stereocenters. The molecule has 1 amide bonds. The Bertz CT molecular complexity index is 718. The van der Waals surface area contributed by atoms with Crippen LogP contribution in [0.4, 0.5) is 0 Å². The number of rotatable bonds is 6. The van der Waals surface area contributed by atoms with Gasteiger partial charge in [-0.15, -0.1) is 22.7 Å². The molecular formula is C21H30N4OS2. The number of piperidine rings is 2. The van der Waals surface area contributed by atoms with E-state index >= 15 is 0 Å². The summed E-state index contributed by atoms with van der Waals surface area (Å²) in [5.41, 5.74) is 0. The molecule has 2 aliphatic rings. The van der Waals surface area contributed by atoms with Crippen LogP contribution in [-0.2, 0) is 11.2 Å². The molecule has 1 N–H and O–H groups in total. The quantitative estimate of drug-likeness (QED) is 0.781. The summed E-state index contributed by atoms with van der Waals surface area (Å²) in [5, 5.41) is 8.40. The summed E-state index contributed by atoms with van der Waals surface area (Å²) in [5.74, 6) is 0.341. The fourth-order valence-electron chi connectivity index (χ4n) is 4.41. The molecule has 0 spiro atoms. The Morgan fingerprint density at radius 3 is 2.61 bits per heavy atom. The molecule has 4 heterocycles. The van der Waals surface area contributed by atoms with Gasteiger partial charge in [0.15, 0.2) is 0 Å². The molecule has 0 bridgehead atoms. The van der Waals surface area contributed by atoms with Gasteiger partial charge in [-0.2, -0.15) is 0 Å². The van der Waals surface area contributed by atoms with Crippen molar-refractivity contribution in [1.82, 2.24) is 20.1 Å². The number of nitrogens with one attached hydrogen (secondary N) is 1. The molecule has 0 aliphatic carbocycles. The molecule has 0 radical (unpaired) electrons. The summed E-state index contributed by atoms with van der Waals surface area (Å²) in [6.07, 6.45) is 7.13. The van der Waals surface area contributed by atoms with Gasteiger partial charge in [-0.1, -0.05) is 6.07 Å². The van der Waals surface area contributed by atoms with Crippen molar-refractivity contribution in [3.05, 3.63) is 39.0 Å². The largest absolute Gasteiger partial charge is 0.346 e. The zero-order valence-corrected chi connectivity index (χ0v) is 18.2. The molecule has 5 nitrogen and oxygen atoms in total. The third-order valence-corrected chi connectivity index (χ3v) is 7.94. The lowest BCUT2D eigenvalue weighted by Gasteiger charge is -2.40. The highest BCUT2D eigenvalue weighted by atomic mass is 32.1. The molecule has 28 heavy (non-hydrogen) atoms. The van der Waals surface area contributed by atoms with Crippen LogP contribution in [-0.4, -0.2) is 60.0 Å². The van der Waals surface area contributed by atoms with Crippen molar-refractivity contribution in [3.8, 4) is 0 Å². The van der Waals surface area contributed by atoms with Crippen molar-refractivity contribution < 1.29 is 4.79 Å². The van der Waals surface area contributed by atoms with Crippen molar-refractivity contribution >= 4 is 28.6 Å². The first-order valence-electron chi connectivity index (χ1n) is 10.3. The molecule has 0 saturated carbocycles. The smallest absolute Gasteiger partial charge is 0.223 e. The van der Waals surface area contributed by atoms with Crippen LogP contribution in [0.2, 0.25) is 0 Å². The van der Waals surface area contributed by atoms with E-state index in [-0.39, 0.29) is 17.9 Å². The van der Waals surface area contributed by atoms with Crippen molar-refractivity contribution in [3.63, 3.8) is 0 Å². The first-order valence-corrected chi connectivity index (χ1v) is 12.1. The Kier molecular flexibility index (Phi) is 6.77. The number of aromatic nitrogens is 1. The van der Waals surface area contributed by atoms with Gasteiger partial charge < -0.3 is 15.1 Å². The molecule has 2 fully saturated rings. The minimum atomic E-state index is -0.0157. The van der Waals surface area contributed by atoms with E-state index < -0.39 is 0 Å². The maximum atomic E-state index is 13.0. The van der Waals surface area contributed by atoms with Gasteiger partial charge in [0, 0.05) is 34.8 Å². The highest BCUT2D eigenvalue weighted by Crippen LogP contribution is 2.27. The van der Waals surface area contributed by atoms with E-state index in [2.05, 4.69) is 44.7 Å². The molecule has 2 aromatic heterocycles. The first kappa shape index (κ1) is 20.0. The molecule has 4 rings (SSSR count). The van der Waals surface area contributed by atoms with E-state index in [0.717, 1.165) is 37.4 Å². The number of carbonyl (C=O) groups excluding carboxylic acids is 1. The molecule has 7 heteroatoms. The van der Waals surface area contributed by atoms with E-state index in [9.17, 15) is 4.79 Å². The lowest BCUT2D eigenvalue weighted by molar-refractivity contribution is -0.127. The highest BCUT2D eigenvalue weighted by Gasteiger charge is 2.31. The summed E-state index contributed by atoms with van der Waals surface area (Å²) in [6, 6.07) is 4.90. The van der Waals surface area contributed by atoms with E-state index in [1.807, 2.05) is 11.6 Å². The topological polar surface area (TPSA) is 48.5 Å². The van der Waals surface area contributed by atoms with Crippen LogP contribution in [0.25, 0.3) is 0 Å². The molecular weight excluding hydrogens is 388 g/mol. The average molecular weight is 419 g/mol. The minimum Gasteiger partial charge on any atom is -0.346 e. The van der Waals surface area contributed by atoms with Gasteiger partial charge in [0.25, 0.3) is 0 Å². The molecule has 2 aliphatic heterocycles. The molecule has 2 aromatic rings. The van der Waals surface area contributed by atoms with Crippen molar-refractivity contribution in [2.24, 2.45) is 5.92 Å². The molecule has 1 unspecified atom stereocenters. The Morgan fingerprint density at radius 1 is 1.18 bits per heavy atom. The number of thiophene rings is 1. The Hall–Kier alpha value is -1.28. The fourth-order valence-corrected chi connectivity index (χ4v) is 5.85. The van der Waals surface area contributed by atoms with Gasteiger partial charge in [-0.25, -0.2) is 4.98 Å². The standard InChI is InChI=1S/C21H30N4OS2/c1-24-9-6-17(7-10-24)25-11-4-16(5-12-25)20(26)23-19(21-22-8-14-28-21)15-18-3-2-13-27-18/h2-3,8,13-14,16-17,19H,4-7,9-12,15H2,1H3,(H,23,26). The van der Waals surface area contributed by atoms with Gasteiger partial charge in [-0.3, -0.25) is 4.79 Å². The van der Waals surface area contributed by atoms with E-state index in [1.165, 1.54) is 30.8 Å². The minimum absolute atomic E-state index is 0.0157. The van der Waals surface area contributed by atoms with Crippen LogP contribution in [0.5, 0.6) is 0 Å². The van der Waals surface area contributed by atoms with Crippen molar-refractivity contribution in [2.45, 2.75) is 44.2 Å². The van der Waals surface area contributed by atoms with Gasteiger partial charge in [0.05, 0.1) is 6.04 Å². The highest BCUT2D eigenvalue weighted by molar-refractivity contribution is 7.10. The number of likely N-dealkylation sites (tertiary alicyclic amines) is 2. The maximum Gasteiger partial charge on any atom is 0.223 e. The molecule has 0 aromatic carbocycles. The number of nitrogens with zero attached hydrogens (tertiary/aromatic N) is 3. The Morgan fingerprint density at radius 2 is 1.96 bits per heavy atom. The number of thiazole rings is 1. The van der Waals surface area contributed by atoms with Crippen LogP contribution in [0.1, 0.15) is 41.6 Å². The fraction of sp³-hybridized carbons (Fsp3) is 0.619.